The molecule has 1 aliphatic heterocycles. The summed E-state index contributed by atoms with van der Waals surface area (Å²) in [6.45, 7) is 3.32. The lowest BCUT2D eigenvalue weighted by molar-refractivity contribution is 0.556. The molecule has 0 amide bonds. The van der Waals surface area contributed by atoms with Gasteiger partial charge in [-0.05, 0) is 13.0 Å². The third-order valence-electron chi connectivity index (χ3n) is 3.04. The lowest BCUT2D eigenvalue weighted by atomic mass is 10.1. The maximum Gasteiger partial charge on any atom is 0.287 e. The second kappa shape index (κ2) is 4.24. The SMILES string of the molecule is Cc1c(NC2=NCCN2)cc(C#N)c2[nH]c(F)nc12. The van der Waals surface area contributed by atoms with Crippen molar-refractivity contribution in [3.63, 3.8) is 0 Å². The van der Waals surface area contributed by atoms with Crippen LogP contribution in [-0.4, -0.2) is 29.0 Å². The number of hydrogen-bond donors (Lipinski definition) is 3. The van der Waals surface area contributed by atoms with E-state index in [1.54, 1.807) is 6.07 Å². The predicted molar refractivity (Wildman–Crippen MR) is 69.4 cm³/mol. The van der Waals surface area contributed by atoms with Crippen molar-refractivity contribution < 1.29 is 4.39 Å². The van der Waals surface area contributed by atoms with E-state index in [0.29, 0.717) is 34.8 Å². The van der Waals surface area contributed by atoms with E-state index in [1.165, 1.54) is 0 Å². The number of anilines is 1. The molecule has 0 fully saturated rings. The summed E-state index contributed by atoms with van der Waals surface area (Å²) in [4.78, 5) is 10.5. The Kier molecular flexibility index (Phi) is 2.56. The number of imidazole rings is 1. The molecular weight excluding hydrogens is 247 g/mol. The first kappa shape index (κ1) is 11.5. The van der Waals surface area contributed by atoms with Crippen LogP contribution in [0.5, 0.6) is 0 Å². The van der Waals surface area contributed by atoms with Crippen molar-refractivity contribution in [2.45, 2.75) is 6.92 Å². The van der Waals surface area contributed by atoms with Crippen LogP contribution in [0.25, 0.3) is 11.0 Å². The zero-order valence-electron chi connectivity index (χ0n) is 10.2. The van der Waals surface area contributed by atoms with Gasteiger partial charge in [0.25, 0.3) is 6.08 Å². The number of nitrogens with zero attached hydrogens (tertiary/aromatic N) is 3. The van der Waals surface area contributed by atoms with E-state index in [9.17, 15) is 4.39 Å². The van der Waals surface area contributed by atoms with Crippen molar-refractivity contribution in [2.75, 3.05) is 18.4 Å². The number of aromatic amines is 1. The second-order valence-corrected chi connectivity index (χ2v) is 4.24. The van der Waals surface area contributed by atoms with Crippen molar-refractivity contribution in [3.8, 4) is 6.07 Å². The summed E-state index contributed by atoms with van der Waals surface area (Å²) in [5.74, 6) is 0.655. The second-order valence-electron chi connectivity index (χ2n) is 4.24. The van der Waals surface area contributed by atoms with Gasteiger partial charge in [-0.2, -0.15) is 9.65 Å². The summed E-state index contributed by atoms with van der Waals surface area (Å²) in [7, 11) is 0. The Morgan fingerprint density at radius 2 is 2.37 bits per heavy atom. The van der Waals surface area contributed by atoms with Crippen molar-refractivity contribution >= 4 is 22.7 Å². The summed E-state index contributed by atoms with van der Waals surface area (Å²) >= 11 is 0. The minimum atomic E-state index is -0.692. The quantitative estimate of drug-likeness (QED) is 0.718. The number of hydrogen-bond acceptors (Lipinski definition) is 5. The maximum atomic E-state index is 13.2. The summed E-state index contributed by atoms with van der Waals surface area (Å²) in [5.41, 5.74) is 2.69. The molecule has 19 heavy (non-hydrogen) atoms. The normalized spacial score (nSPS) is 14.1. The van der Waals surface area contributed by atoms with E-state index >= 15 is 0 Å². The molecule has 1 aromatic heterocycles. The van der Waals surface area contributed by atoms with Crippen LogP contribution in [0, 0.1) is 24.3 Å². The molecule has 0 atom stereocenters. The van der Waals surface area contributed by atoms with Gasteiger partial charge in [0.05, 0.1) is 23.1 Å². The number of benzene rings is 1. The van der Waals surface area contributed by atoms with Crippen LogP contribution in [0.2, 0.25) is 0 Å². The van der Waals surface area contributed by atoms with Crippen molar-refractivity contribution in [1.29, 1.82) is 5.26 Å². The summed E-state index contributed by atoms with van der Waals surface area (Å²) in [6.07, 6.45) is -0.692. The molecule has 0 saturated carbocycles. The lowest BCUT2D eigenvalue weighted by Crippen LogP contribution is -2.26. The Morgan fingerprint density at radius 1 is 1.53 bits per heavy atom. The fourth-order valence-electron chi connectivity index (χ4n) is 2.09. The highest BCUT2D eigenvalue weighted by molar-refractivity contribution is 5.99. The third-order valence-corrected chi connectivity index (χ3v) is 3.04. The molecule has 1 aromatic carbocycles. The van der Waals surface area contributed by atoms with Gasteiger partial charge in [-0.1, -0.05) is 0 Å². The number of nitrogens with one attached hydrogen (secondary N) is 3. The average molecular weight is 258 g/mol. The molecule has 2 heterocycles. The Bertz CT molecular complexity index is 724. The lowest BCUT2D eigenvalue weighted by Gasteiger charge is -2.10. The van der Waals surface area contributed by atoms with E-state index in [-0.39, 0.29) is 0 Å². The Hall–Kier alpha value is -2.62. The highest BCUT2D eigenvalue weighted by Gasteiger charge is 2.15. The molecule has 0 saturated heterocycles. The predicted octanol–water partition coefficient (Wildman–Crippen LogP) is 1.25. The van der Waals surface area contributed by atoms with Crippen molar-refractivity contribution in [3.05, 3.63) is 23.3 Å². The third kappa shape index (κ3) is 1.87. The number of H-pyrrole nitrogens is 1. The van der Waals surface area contributed by atoms with E-state index < -0.39 is 6.08 Å². The molecule has 0 unspecified atom stereocenters. The van der Waals surface area contributed by atoms with Crippen LogP contribution >= 0.6 is 0 Å². The van der Waals surface area contributed by atoms with Crippen LogP contribution < -0.4 is 10.6 Å². The number of aryl methyl sites for hydroxylation is 1. The first-order chi connectivity index (χ1) is 9.19. The van der Waals surface area contributed by atoms with Gasteiger partial charge in [-0.15, -0.1) is 0 Å². The molecule has 7 heteroatoms. The molecule has 3 N–H and O–H groups in total. The van der Waals surface area contributed by atoms with Crippen molar-refractivity contribution in [2.24, 2.45) is 4.99 Å². The van der Waals surface area contributed by atoms with Gasteiger partial charge >= 0.3 is 0 Å². The minimum absolute atomic E-state index is 0.345. The molecule has 0 radical (unpaired) electrons. The Balaban J connectivity index is 2.14. The number of halogens is 1. The molecule has 0 bridgehead atoms. The summed E-state index contributed by atoms with van der Waals surface area (Å²) in [6, 6.07) is 3.70. The van der Waals surface area contributed by atoms with Gasteiger partial charge in [-0.3, -0.25) is 4.99 Å². The molecule has 1 aliphatic rings. The van der Waals surface area contributed by atoms with E-state index in [4.69, 9.17) is 5.26 Å². The molecule has 2 aromatic rings. The van der Waals surface area contributed by atoms with E-state index in [1.807, 2.05) is 13.0 Å². The average Bonchev–Trinajstić information content (AvgIpc) is 3.02. The van der Waals surface area contributed by atoms with E-state index in [2.05, 4.69) is 25.6 Å². The first-order valence-electron chi connectivity index (χ1n) is 5.83. The minimum Gasteiger partial charge on any atom is -0.354 e. The van der Waals surface area contributed by atoms with Gasteiger partial charge in [-0.25, -0.2) is 4.98 Å². The molecular formula is C12H11FN6. The van der Waals surface area contributed by atoms with Crippen molar-refractivity contribution in [1.82, 2.24) is 15.3 Å². The first-order valence-corrected chi connectivity index (χ1v) is 5.83. The Labute approximate surface area is 108 Å². The van der Waals surface area contributed by atoms with Gasteiger partial charge in [0, 0.05) is 17.8 Å². The smallest absolute Gasteiger partial charge is 0.287 e. The molecule has 6 nitrogen and oxygen atoms in total. The number of guanidine groups is 1. The van der Waals surface area contributed by atoms with E-state index in [0.717, 1.165) is 12.1 Å². The summed E-state index contributed by atoms with van der Waals surface area (Å²) in [5, 5.41) is 15.3. The van der Waals surface area contributed by atoms with Gasteiger partial charge in [0.2, 0.25) is 0 Å². The fraction of sp³-hybridized carbons (Fsp3) is 0.250. The van der Waals surface area contributed by atoms with Gasteiger partial charge < -0.3 is 15.6 Å². The van der Waals surface area contributed by atoms with Gasteiger partial charge in [0.1, 0.15) is 6.07 Å². The van der Waals surface area contributed by atoms with Gasteiger partial charge in [0.15, 0.2) is 5.96 Å². The zero-order chi connectivity index (χ0) is 13.4. The fourth-order valence-corrected chi connectivity index (χ4v) is 2.09. The zero-order valence-corrected chi connectivity index (χ0v) is 10.2. The highest BCUT2D eigenvalue weighted by atomic mass is 19.1. The number of nitriles is 1. The van der Waals surface area contributed by atoms with Crippen LogP contribution in [0.1, 0.15) is 11.1 Å². The topological polar surface area (TPSA) is 88.9 Å². The number of fused-ring (bicyclic) bond motifs is 1. The molecule has 3 rings (SSSR count). The summed E-state index contributed by atoms with van der Waals surface area (Å²) < 4.78 is 13.2. The van der Waals surface area contributed by atoms with Crippen LogP contribution in [0.3, 0.4) is 0 Å². The maximum absolute atomic E-state index is 13.2. The van der Waals surface area contributed by atoms with Crippen LogP contribution in [0.4, 0.5) is 10.1 Å². The number of rotatable bonds is 1. The molecule has 0 aliphatic carbocycles. The molecule has 0 spiro atoms. The highest BCUT2D eigenvalue weighted by Crippen LogP contribution is 2.27. The van der Waals surface area contributed by atoms with Crippen LogP contribution in [0.15, 0.2) is 11.1 Å². The Morgan fingerprint density at radius 3 is 3.05 bits per heavy atom. The molecule has 96 valence electrons. The monoisotopic (exact) mass is 258 g/mol. The number of aromatic nitrogens is 2. The standard InChI is InChI=1S/C12H11FN6/c1-6-8(17-12-15-2-3-16-12)4-7(5-14)10-9(6)18-11(13)19-10/h4H,2-3H2,1H3,(H,18,19)(H2,15,16,17). The van der Waals surface area contributed by atoms with Crippen LogP contribution in [-0.2, 0) is 0 Å². The largest absolute Gasteiger partial charge is 0.354 e. The number of aliphatic imine (C=N–C) groups is 1.